The molecule has 0 spiro atoms. The fourth-order valence-electron chi connectivity index (χ4n) is 3.30. The molecule has 2 atom stereocenters. The van der Waals surface area contributed by atoms with E-state index in [1.807, 2.05) is 0 Å². The maximum absolute atomic E-state index is 4.98. The highest BCUT2D eigenvalue weighted by Crippen LogP contribution is 2.26. The van der Waals surface area contributed by atoms with Gasteiger partial charge in [-0.3, -0.25) is 9.98 Å². The summed E-state index contributed by atoms with van der Waals surface area (Å²) >= 11 is 0. The van der Waals surface area contributed by atoms with Crippen molar-refractivity contribution in [2.24, 2.45) is 21.8 Å². The predicted octanol–water partition coefficient (Wildman–Crippen LogP) is 6.13. The third kappa shape index (κ3) is 4.76. The van der Waals surface area contributed by atoms with Gasteiger partial charge in [0.25, 0.3) is 0 Å². The van der Waals surface area contributed by atoms with Crippen molar-refractivity contribution in [3.8, 4) is 0 Å². The molecule has 0 radical (unpaired) electrons. The molecule has 1 heterocycles. The molecule has 1 aromatic rings. The second-order valence-electron chi connectivity index (χ2n) is 7.08. The molecule has 0 amide bonds. The zero-order valence-corrected chi connectivity index (χ0v) is 15.5. The van der Waals surface area contributed by atoms with Crippen molar-refractivity contribution >= 4 is 17.1 Å². The van der Waals surface area contributed by atoms with Crippen LogP contribution in [0.1, 0.15) is 70.9 Å². The Bertz CT molecular complexity index is 584. The van der Waals surface area contributed by atoms with Crippen molar-refractivity contribution in [2.75, 3.05) is 6.54 Å². The summed E-state index contributed by atoms with van der Waals surface area (Å²) in [7, 11) is 0. The van der Waals surface area contributed by atoms with Gasteiger partial charge in [0.1, 0.15) is 0 Å². The van der Waals surface area contributed by atoms with E-state index in [0.717, 1.165) is 24.6 Å². The van der Waals surface area contributed by atoms with Crippen LogP contribution in [0.4, 0.5) is 5.69 Å². The van der Waals surface area contributed by atoms with Gasteiger partial charge < -0.3 is 0 Å². The summed E-state index contributed by atoms with van der Waals surface area (Å²) in [6.45, 7) is 12.1. The minimum Gasteiger partial charge on any atom is -0.289 e. The summed E-state index contributed by atoms with van der Waals surface area (Å²) in [6.07, 6.45) is 5.97. The minimum atomic E-state index is 0.607. The lowest BCUT2D eigenvalue weighted by Gasteiger charge is -2.18. The van der Waals surface area contributed by atoms with Crippen LogP contribution in [0, 0.1) is 18.8 Å². The van der Waals surface area contributed by atoms with Gasteiger partial charge in [-0.25, -0.2) is 0 Å². The number of benzene rings is 1. The molecule has 0 N–H and O–H groups in total. The molecular formula is C21H32N2. The van der Waals surface area contributed by atoms with E-state index in [0.29, 0.717) is 5.92 Å². The van der Waals surface area contributed by atoms with Crippen LogP contribution in [0.2, 0.25) is 0 Å². The van der Waals surface area contributed by atoms with Gasteiger partial charge in [0.15, 0.2) is 0 Å². The second-order valence-corrected chi connectivity index (χ2v) is 7.08. The van der Waals surface area contributed by atoms with Gasteiger partial charge in [-0.2, -0.15) is 0 Å². The quantitative estimate of drug-likeness (QED) is 0.564. The third-order valence-electron chi connectivity index (χ3n) is 5.03. The van der Waals surface area contributed by atoms with Crippen LogP contribution in [-0.4, -0.2) is 18.0 Å². The summed E-state index contributed by atoms with van der Waals surface area (Å²) in [5.41, 5.74) is 6.17. The van der Waals surface area contributed by atoms with E-state index in [-0.39, 0.29) is 0 Å². The Morgan fingerprint density at radius 2 is 2.13 bits per heavy atom. The van der Waals surface area contributed by atoms with Crippen LogP contribution in [-0.2, 0) is 0 Å². The Kier molecular flexibility index (Phi) is 6.56. The van der Waals surface area contributed by atoms with Gasteiger partial charge in [0.05, 0.1) is 5.69 Å². The molecule has 23 heavy (non-hydrogen) atoms. The van der Waals surface area contributed by atoms with Crippen LogP contribution < -0.4 is 0 Å². The lowest BCUT2D eigenvalue weighted by Crippen LogP contribution is -2.14. The molecule has 1 aromatic carbocycles. The largest absolute Gasteiger partial charge is 0.289 e. The molecule has 0 saturated carbocycles. The number of hydrogen-bond acceptors (Lipinski definition) is 2. The molecule has 0 fully saturated rings. The molecular weight excluding hydrogens is 280 g/mol. The first kappa shape index (κ1) is 17.9. The molecule has 0 saturated heterocycles. The maximum Gasteiger partial charge on any atom is 0.0664 e. The van der Waals surface area contributed by atoms with Gasteiger partial charge in [-0.05, 0) is 68.6 Å². The number of hydrogen-bond donors (Lipinski definition) is 0. The SMILES string of the molecule is CCCC(CC)/C(C)=N/c1cc(C2=NCC(C)CC2)ccc1C. The number of nitrogens with zero attached hydrogens (tertiary/aromatic N) is 2. The van der Waals surface area contributed by atoms with Crippen molar-refractivity contribution < 1.29 is 0 Å². The third-order valence-corrected chi connectivity index (χ3v) is 5.03. The lowest BCUT2D eigenvalue weighted by molar-refractivity contribution is 0.538. The first-order valence-corrected chi connectivity index (χ1v) is 9.24. The topological polar surface area (TPSA) is 24.7 Å². The minimum absolute atomic E-state index is 0.607. The van der Waals surface area contributed by atoms with Crippen LogP contribution >= 0.6 is 0 Å². The molecule has 1 aliphatic heterocycles. The highest BCUT2D eigenvalue weighted by atomic mass is 14.8. The average Bonchev–Trinajstić information content (AvgIpc) is 2.55. The van der Waals surface area contributed by atoms with E-state index in [1.54, 1.807) is 0 Å². The van der Waals surface area contributed by atoms with Gasteiger partial charge >= 0.3 is 0 Å². The molecule has 2 nitrogen and oxygen atoms in total. The summed E-state index contributed by atoms with van der Waals surface area (Å²) in [5.74, 6) is 1.33. The van der Waals surface area contributed by atoms with E-state index in [9.17, 15) is 0 Å². The zero-order chi connectivity index (χ0) is 16.8. The van der Waals surface area contributed by atoms with Crippen molar-refractivity contribution in [3.05, 3.63) is 29.3 Å². The van der Waals surface area contributed by atoms with E-state index < -0.39 is 0 Å². The van der Waals surface area contributed by atoms with E-state index in [4.69, 9.17) is 9.98 Å². The van der Waals surface area contributed by atoms with Gasteiger partial charge in [-0.1, -0.05) is 39.3 Å². The van der Waals surface area contributed by atoms with E-state index >= 15 is 0 Å². The molecule has 2 rings (SSSR count). The molecule has 126 valence electrons. The monoisotopic (exact) mass is 312 g/mol. The van der Waals surface area contributed by atoms with Crippen molar-refractivity contribution in [3.63, 3.8) is 0 Å². The highest BCUT2D eigenvalue weighted by Gasteiger charge is 2.14. The molecule has 0 bridgehead atoms. The summed E-state index contributed by atoms with van der Waals surface area (Å²) in [5, 5.41) is 0. The van der Waals surface area contributed by atoms with Crippen molar-refractivity contribution in [2.45, 2.75) is 66.7 Å². The van der Waals surface area contributed by atoms with Gasteiger partial charge in [0.2, 0.25) is 0 Å². The van der Waals surface area contributed by atoms with E-state index in [2.05, 4.69) is 52.8 Å². The van der Waals surface area contributed by atoms with Crippen LogP contribution in [0.15, 0.2) is 28.2 Å². The first-order chi connectivity index (χ1) is 11.0. The predicted molar refractivity (Wildman–Crippen MR) is 102 cm³/mol. The summed E-state index contributed by atoms with van der Waals surface area (Å²) in [4.78, 5) is 9.76. The van der Waals surface area contributed by atoms with Crippen molar-refractivity contribution in [1.82, 2.24) is 0 Å². The Balaban J connectivity index is 2.27. The smallest absolute Gasteiger partial charge is 0.0664 e. The van der Waals surface area contributed by atoms with Gasteiger partial charge in [0, 0.05) is 18.0 Å². The Labute approximate surface area is 142 Å². The fraction of sp³-hybridized carbons (Fsp3) is 0.619. The first-order valence-electron chi connectivity index (χ1n) is 9.24. The van der Waals surface area contributed by atoms with E-state index in [1.165, 1.54) is 48.2 Å². The summed E-state index contributed by atoms with van der Waals surface area (Å²) in [6, 6.07) is 6.65. The summed E-state index contributed by atoms with van der Waals surface area (Å²) < 4.78 is 0. The van der Waals surface area contributed by atoms with Crippen LogP contribution in [0.3, 0.4) is 0 Å². The Hall–Kier alpha value is -1.44. The zero-order valence-electron chi connectivity index (χ0n) is 15.5. The lowest BCUT2D eigenvalue weighted by atomic mass is 9.94. The number of rotatable bonds is 6. The van der Waals surface area contributed by atoms with Crippen LogP contribution in [0.25, 0.3) is 0 Å². The number of aliphatic imine (C=N–C) groups is 2. The number of aryl methyl sites for hydroxylation is 1. The van der Waals surface area contributed by atoms with Gasteiger partial charge in [-0.15, -0.1) is 0 Å². The maximum atomic E-state index is 4.98. The second kappa shape index (κ2) is 8.42. The molecule has 2 heteroatoms. The Morgan fingerprint density at radius 3 is 2.74 bits per heavy atom. The molecule has 2 unspecified atom stereocenters. The molecule has 0 aromatic heterocycles. The fourth-order valence-corrected chi connectivity index (χ4v) is 3.30. The highest BCUT2D eigenvalue weighted by molar-refractivity contribution is 6.02. The van der Waals surface area contributed by atoms with Crippen molar-refractivity contribution in [1.29, 1.82) is 0 Å². The average molecular weight is 313 g/mol. The molecule has 0 aliphatic carbocycles. The Morgan fingerprint density at radius 1 is 1.35 bits per heavy atom. The van der Waals surface area contributed by atoms with Crippen LogP contribution in [0.5, 0.6) is 0 Å². The molecule has 1 aliphatic rings. The normalized spacial score (nSPS) is 20.3. The standard InChI is InChI=1S/C21H32N2/c1-6-8-18(7-2)17(5)23-21-13-19(11-10-16(21)4)20-12-9-15(3)14-22-20/h10-11,13,15,18H,6-9,12,14H2,1-5H3/b23-17+.